The summed E-state index contributed by atoms with van der Waals surface area (Å²) in [5.74, 6) is 0.193. The number of aryl methyl sites for hydroxylation is 1. The Morgan fingerprint density at radius 3 is 2.32 bits per heavy atom. The summed E-state index contributed by atoms with van der Waals surface area (Å²) in [7, 11) is 0.294. The maximum absolute atomic E-state index is 13.4. The van der Waals surface area contributed by atoms with Gasteiger partial charge in [0.05, 0.1) is 24.2 Å². The Kier molecular flexibility index (Phi) is 9.48. The summed E-state index contributed by atoms with van der Waals surface area (Å²) in [6.07, 6.45) is 2.05. The minimum atomic E-state index is -3.66. The van der Waals surface area contributed by atoms with Crippen LogP contribution in [0.4, 0.5) is 0 Å². The number of hydrogen-bond donors (Lipinski definition) is 0. The number of amides is 1. The lowest BCUT2D eigenvalue weighted by atomic mass is 9.91. The van der Waals surface area contributed by atoms with Crippen LogP contribution in [0.3, 0.4) is 0 Å². The Morgan fingerprint density at radius 1 is 1.12 bits per heavy atom. The van der Waals surface area contributed by atoms with Crippen molar-refractivity contribution in [1.82, 2.24) is 19.4 Å². The van der Waals surface area contributed by atoms with E-state index in [2.05, 4.69) is 18.8 Å². The van der Waals surface area contributed by atoms with E-state index in [9.17, 15) is 13.2 Å². The van der Waals surface area contributed by atoms with Gasteiger partial charge in [0.2, 0.25) is 20.9 Å². The molecule has 7 nitrogen and oxygen atoms in total. The molecule has 0 saturated heterocycles. The Labute approximate surface area is 206 Å². The van der Waals surface area contributed by atoms with Crippen LogP contribution in [0.2, 0.25) is 0 Å². The second-order valence-corrected chi connectivity index (χ2v) is 13.0. The monoisotopic (exact) mass is 490 g/mol. The highest BCUT2D eigenvalue weighted by molar-refractivity contribution is 7.90. The fourth-order valence-corrected chi connectivity index (χ4v) is 5.35. The smallest absolute Gasteiger partial charge is 0.228 e. The van der Waals surface area contributed by atoms with Crippen LogP contribution in [-0.2, 0) is 33.5 Å². The Morgan fingerprint density at radius 2 is 1.76 bits per heavy atom. The molecule has 2 aromatic rings. The van der Waals surface area contributed by atoms with Crippen LogP contribution in [0.15, 0.2) is 35.6 Å². The number of likely N-dealkylation sites (N-methyl/N-ethyl adjacent to an activating group) is 1. The molecule has 1 heterocycles. The number of nitrogens with zero attached hydrogens (tertiary/aromatic N) is 4. The number of rotatable bonds is 11. The highest BCUT2D eigenvalue weighted by Gasteiger charge is 2.27. The average Bonchev–Trinajstić information content (AvgIpc) is 3.07. The molecule has 0 atom stereocenters. The van der Waals surface area contributed by atoms with E-state index in [-0.39, 0.29) is 28.1 Å². The summed E-state index contributed by atoms with van der Waals surface area (Å²) in [6.45, 7) is 14.3. The van der Waals surface area contributed by atoms with Crippen LogP contribution in [0.5, 0.6) is 0 Å². The van der Waals surface area contributed by atoms with Crippen LogP contribution in [0, 0.1) is 18.3 Å². The van der Waals surface area contributed by atoms with Gasteiger partial charge in [-0.25, -0.2) is 13.4 Å². The quantitative estimate of drug-likeness (QED) is 0.473. The standard InChI is InChI=1S/C26H42N4O3S/c1-20(2)17-30-23(18-29(14-13-28(7)8)24(31)15-26(4,5)6)16-27-25(30)34(32,33)19-22-12-10-9-11-21(22)3/h9-12,16,20H,13-15,17-19H2,1-8H3. The largest absolute Gasteiger partial charge is 0.336 e. The highest BCUT2D eigenvalue weighted by Crippen LogP contribution is 2.24. The van der Waals surface area contributed by atoms with Crippen LogP contribution in [0.25, 0.3) is 0 Å². The molecule has 0 saturated carbocycles. The van der Waals surface area contributed by atoms with Gasteiger partial charge in [-0.2, -0.15) is 0 Å². The van der Waals surface area contributed by atoms with E-state index in [0.29, 0.717) is 26.1 Å². The molecule has 0 unspecified atom stereocenters. The van der Waals surface area contributed by atoms with Gasteiger partial charge in [0.25, 0.3) is 0 Å². The molecule has 0 spiro atoms. The fraction of sp³-hybridized carbons (Fsp3) is 0.615. The highest BCUT2D eigenvalue weighted by atomic mass is 32.2. The van der Waals surface area contributed by atoms with Crippen molar-refractivity contribution in [3.05, 3.63) is 47.3 Å². The summed E-state index contributed by atoms with van der Waals surface area (Å²) >= 11 is 0. The molecule has 0 radical (unpaired) electrons. The number of carbonyl (C=O) groups excluding carboxylic acids is 1. The molecule has 34 heavy (non-hydrogen) atoms. The predicted octanol–water partition coefficient (Wildman–Crippen LogP) is 4.15. The van der Waals surface area contributed by atoms with E-state index in [1.807, 2.05) is 75.9 Å². The van der Waals surface area contributed by atoms with E-state index < -0.39 is 9.84 Å². The van der Waals surface area contributed by atoms with Crippen molar-refractivity contribution in [3.63, 3.8) is 0 Å². The SMILES string of the molecule is Cc1ccccc1CS(=O)(=O)c1ncc(CN(CCN(C)C)C(=O)CC(C)(C)C)n1CC(C)C. The van der Waals surface area contributed by atoms with Gasteiger partial charge in [0, 0.05) is 26.1 Å². The molecular weight excluding hydrogens is 448 g/mol. The van der Waals surface area contributed by atoms with Gasteiger partial charge in [-0.05, 0) is 43.5 Å². The molecule has 0 N–H and O–H groups in total. The van der Waals surface area contributed by atoms with E-state index in [0.717, 1.165) is 23.4 Å². The molecule has 2 rings (SSSR count). The lowest BCUT2D eigenvalue weighted by molar-refractivity contribution is -0.134. The third kappa shape index (κ3) is 8.24. The van der Waals surface area contributed by atoms with Gasteiger partial charge in [0.1, 0.15) is 0 Å². The number of benzene rings is 1. The molecule has 8 heteroatoms. The molecule has 0 aliphatic rings. The first-order valence-electron chi connectivity index (χ1n) is 11.9. The third-order valence-corrected chi connectivity index (χ3v) is 7.11. The fourth-order valence-electron chi connectivity index (χ4n) is 3.74. The summed E-state index contributed by atoms with van der Waals surface area (Å²) in [5.41, 5.74) is 2.33. The van der Waals surface area contributed by atoms with Crippen LogP contribution in [0.1, 0.15) is 57.9 Å². The van der Waals surface area contributed by atoms with Gasteiger partial charge in [0.15, 0.2) is 0 Å². The zero-order valence-electron chi connectivity index (χ0n) is 22.1. The lowest BCUT2D eigenvalue weighted by Gasteiger charge is -2.28. The van der Waals surface area contributed by atoms with Crippen molar-refractivity contribution in [3.8, 4) is 0 Å². The molecular formula is C26H42N4O3S. The number of sulfone groups is 1. The molecule has 0 fully saturated rings. The first-order chi connectivity index (χ1) is 15.7. The predicted molar refractivity (Wildman–Crippen MR) is 137 cm³/mol. The number of hydrogen-bond acceptors (Lipinski definition) is 5. The Balaban J connectivity index is 2.42. The molecule has 1 aromatic carbocycles. The number of aromatic nitrogens is 2. The maximum Gasteiger partial charge on any atom is 0.228 e. The summed E-state index contributed by atoms with van der Waals surface area (Å²) in [5, 5.41) is 0.0790. The van der Waals surface area contributed by atoms with Gasteiger partial charge in [-0.15, -0.1) is 0 Å². The zero-order chi connectivity index (χ0) is 25.7. The zero-order valence-corrected chi connectivity index (χ0v) is 22.9. The average molecular weight is 491 g/mol. The van der Waals surface area contributed by atoms with Crippen molar-refractivity contribution in [1.29, 1.82) is 0 Å². The molecule has 0 bridgehead atoms. The second-order valence-electron chi connectivity index (χ2n) is 11.1. The normalized spacial score (nSPS) is 12.5. The Hall–Kier alpha value is -2.19. The molecule has 0 aliphatic heterocycles. The van der Waals surface area contributed by atoms with Crippen LogP contribution >= 0.6 is 0 Å². The third-order valence-electron chi connectivity index (χ3n) is 5.54. The van der Waals surface area contributed by atoms with Gasteiger partial charge < -0.3 is 14.4 Å². The summed E-state index contributed by atoms with van der Waals surface area (Å²) < 4.78 is 28.6. The van der Waals surface area contributed by atoms with Crippen molar-refractivity contribution < 1.29 is 13.2 Å². The first kappa shape index (κ1) is 28.1. The van der Waals surface area contributed by atoms with E-state index in [1.54, 1.807) is 10.8 Å². The van der Waals surface area contributed by atoms with Crippen molar-refractivity contribution in [2.75, 3.05) is 27.2 Å². The maximum atomic E-state index is 13.4. The molecule has 1 aromatic heterocycles. The van der Waals surface area contributed by atoms with E-state index in [4.69, 9.17) is 0 Å². The summed E-state index contributed by atoms with van der Waals surface area (Å²) in [4.78, 5) is 21.4. The second kappa shape index (κ2) is 11.5. The van der Waals surface area contributed by atoms with Gasteiger partial charge >= 0.3 is 0 Å². The molecule has 190 valence electrons. The first-order valence-corrected chi connectivity index (χ1v) is 13.6. The number of carbonyl (C=O) groups is 1. The molecule has 1 amide bonds. The van der Waals surface area contributed by atoms with E-state index >= 15 is 0 Å². The number of imidazole rings is 1. The topological polar surface area (TPSA) is 75.5 Å². The van der Waals surface area contributed by atoms with Crippen molar-refractivity contribution in [2.45, 2.75) is 72.0 Å². The van der Waals surface area contributed by atoms with E-state index in [1.165, 1.54) is 0 Å². The van der Waals surface area contributed by atoms with Crippen molar-refractivity contribution >= 4 is 15.7 Å². The van der Waals surface area contributed by atoms with Crippen molar-refractivity contribution in [2.24, 2.45) is 11.3 Å². The minimum absolute atomic E-state index is 0.0657. The lowest BCUT2D eigenvalue weighted by Crippen LogP contribution is -2.38. The van der Waals surface area contributed by atoms with Crippen LogP contribution in [-0.4, -0.2) is 60.9 Å². The Bertz CT molecular complexity index is 1070. The van der Waals surface area contributed by atoms with Gasteiger partial charge in [-0.1, -0.05) is 58.9 Å². The minimum Gasteiger partial charge on any atom is -0.336 e. The summed E-state index contributed by atoms with van der Waals surface area (Å²) in [6, 6.07) is 7.52. The molecule has 0 aliphatic carbocycles. The van der Waals surface area contributed by atoms with Crippen LogP contribution < -0.4 is 0 Å². The van der Waals surface area contributed by atoms with Gasteiger partial charge in [-0.3, -0.25) is 4.79 Å².